The van der Waals surface area contributed by atoms with Gasteiger partial charge in [-0.3, -0.25) is 4.90 Å². The molecule has 1 aliphatic heterocycles. The van der Waals surface area contributed by atoms with E-state index < -0.39 is 6.04 Å². The maximum atomic E-state index is 13.6. The molecule has 0 spiro atoms. The molecule has 176 valence electrons. The first-order valence-corrected chi connectivity index (χ1v) is 11.1. The van der Waals surface area contributed by atoms with Crippen molar-refractivity contribution in [1.82, 2.24) is 20.4 Å². The Balaban J connectivity index is 1.57. The van der Waals surface area contributed by atoms with Crippen LogP contribution in [0.5, 0.6) is 5.75 Å². The van der Waals surface area contributed by atoms with Crippen LogP contribution >= 0.6 is 0 Å². The lowest BCUT2D eigenvalue weighted by atomic mass is 9.94. The van der Waals surface area contributed by atoms with Crippen LogP contribution in [0.15, 0.2) is 89.1 Å². The number of ether oxygens (including phenoxy) is 1. The van der Waals surface area contributed by atoms with Gasteiger partial charge in [-0.15, -0.1) is 0 Å². The summed E-state index contributed by atoms with van der Waals surface area (Å²) in [6, 6.07) is 22.2. The quantitative estimate of drug-likeness (QED) is 0.398. The Bertz CT molecular complexity index is 1370. The molecule has 4 aromatic rings. The molecule has 3 aromatic carbocycles. The summed E-state index contributed by atoms with van der Waals surface area (Å²) in [6.45, 7) is 2.22. The zero-order chi connectivity index (χ0) is 24.4. The van der Waals surface area contributed by atoms with Crippen LogP contribution in [0, 0.1) is 5.82 Å². The Morgan fingerprint density at radius 1 is 1.03 bits per heavy atom. The molecule has 0 bridgehead atoms. The van der Waals surface area contributed by atoms with E-state index in [-0.39, 0.29) is 17.7 Å². The first-order valence-electron chi connectivity index (χ1n) is 11.1. The molecule has 2 heterocycles. The van der Waals surface area contributed by atoms with Gasteiger partial charge in [0.25, 0.3) is 5.89 Å². The fourth-order valence-electron chi connectivity index (χ4n) is 4.11. The van der Waals surface area contributed by atoms with Crippen molar-refractivity contribution in [2.45, 2.75) is 19.5 Å². The SMILES string of the molecule is COc1ccc(-c2noc(C3=C(C)N(Cc4ccccc4)C(=O)NC3c3ccc(F)cc3)n2)cc1. The summed E-state index contributed by atoms with van der Waals surface area (Å²) in [5.41, 5.74) is 3.78. The first kappa shape index (κ1) is 22.3. The summed E-state index contributed by atoms with van der Waals surface area (Å²) in [5, 5.41) is 7.20. The standard InChI is InChI=1S/C27H23FN4O3/c1-17-23(26-30-25(31-35-26)20-10-14-22(34-2)15-11-20)24(19-8-12-21(28)13-9-19)29-27(33)32(17)16-18-6-4-3-5-7-18/h3-15,24H,16H2,1-2H3,(H,29,33). The second-order valence-electron chi connectivity index (χ2n) is 8.16. The predicted octanol–water partition coefficient (Wildman–Crippen LogP) is 5.58. The number of nitrogens with zero attached hydrogens (tertiary/aromatic N) is 3. The molecule has 0 saturated heterocycles. The average molecular weight is 471 g/mol. The number of aromatic nitrogens is 2. The Hall–Kier alpha value is -4.46. The van der Waals surface area contributed by atoms with Crippen molar-refractivity contribution < 1.29 is 18.4 Å². The first-order chi connectivity index (χ1) is 17.0. The van der Waals surface area contributed by atoms with Gasteiger partial charge in [-0.25, -0.2) is 9.18 Å². The molecule has 5 rings (SSSR count). The van der Waals surface area contributed by atoms with Gasteiger partial charge in [0.15, 0.2) is 0 Å². The lowest BCUT2D eigenvalue weighted by molar-refractivity contribution is 0.203. The number of carbonyl (C=O) groups excluding carboxylic acids is 1. The number of methoxy groups -OCH3 is 1. The molecule has 1 aliphatic rings. The number of halogens is 1. The van der Waals surface area contributed by atoms with Gasteiger partial charge in [-0.2, -0.15) is 4.98 Å². The van der Waals surface area contributed by atoms with Gasteiger partial charge in [-0.05, 0) is 54.4 Å². The molecule has 1 aromatic heterocycles. The maximum absolute atomic E-state index is 13.6. The minimum atomic E-state index is -0.584. The zero-order valence-electron chi connectivity index (χ0n) is 19.2. The van der Waals surface area contributed by atoms with Crippen LogP contribution in [0.25, 0.3) is 17.0 Å². The van der Waals surface area contributed by atoms with Gasteiger partial charge in [0.1, 0.15) is 11.6 Å². The number of hydrogen-bond donors (Lipinski definition) is 1. The highest BCUT2D eigenvalue weighted by Crippen LogP contribution is 2.38. The van der Waals surface area contributed by atoms with Crippen LogP contribution in [0.4, 0.5) is 9.18 Å². The monoisotopic (exact) mass is 470 g/mol. The molecule has 1 N–H and O–H groups in total. The molecule has 7 nitrogen and oxygen atoms in total. The van der Waals surface area contributed by atoms with E-state index in [0.29, 0.717) is 29.2 Å². The number of allylic oxidation sites excluding steroid dienone is 1. The summed E-state index contributed by atoms with van der Waals surface area (Å²) in [4.78, 5) is 19.4. The van der Waals surface area contributed by atoms with Crippen LogP contribution in [0.3, 0.4) is 0 Å². The van der Waals surface area contributed by atoms with Crippen molar-refractivity contribution in [3.63, 3.8) is 0 Å². The molecule has 0 radical (unpaired) electrons. The van der Waals surface area contributed by atoms with Crippen LogP contribution in [0.2, 0.25) is 0 Å². The molecule has 0 aliphatic carbocycles. The lowest BCUT2D eigenvalue weighted by Crippen LogP contribution is -2.45. The molecule has 1 atom stereocenters. The van der Waals surface area contributed by atoms with E-state index in [1.165, 1.54) is 12.1 Å². The molecule has 8 heteroatoms. The summed E-state index contributed by atoms with van der Waals surface area (Å²) in [7, 11) is 1.60. The third kappa shape index (κ3) is 4.50. The summed E-state index contributed by atoms with van der Waals surface area (Å²) >= 11 is 0. The highest BCUT2D eigenvalue weighted by molar-refractivity contribution is 5.86. The van der Waals surface area contributed by atoms with Crippen molar-refractivity contribution in [3.05, 3.63) is 107 Å². The number of nitrogens with one attached hydrogen (secondary N) is 1. The third-order valence-corrected chi connectivity index (χ3v) is 5.99. The van der Waals surface area contributed by atoms with Gasteiger partial charge in [0, 0.05) is 11.3 Å². The number of urea groups is 1. The number of amides is 2. The van der Waals surface area contributed by atoms with Crippen molar-refractivity contribution in [2.75, 3.05) is 7.11 Å². The molecular weight excluding hydrogens is 447 g/mol. The van der Waals surface area contributed by atoms with E-state index in [1.807, 2.05) is 61.5 Å². The predicted molar refractivity (Wildman–Crippen MR) is 129 cm³/mol. The minimum Gasteiger partial charge on any atom is -0.497 e. The number of carbonyl (C=O) groups is 1. The Morgan fingerprint density at radius 3 is 2.43 bits per heavy atom. The van der Waals surface area contributed by atoms with E-state index in [9.17, 15) is 9.18 Å². The molecule has 1 unspecified atom stereocenters. The largest absolute Gasteiger partial charge is 0.497 e. The number of hydrogen-bond acceptors (Lipinski definition) is 5. The highest BCUT2D eigenvalue weighted by Gasteiger charge is 2.35. The van der Waals surface area contributed by atoms with Crippen molar-refractivity contribution in [1.29, 1.82) is 0 Å². The van der Waals surface area contributed by atoms with Crippen LogP contribution in [-0.2, 0) is 6.54 Å². The zero-order valence-corrected chi connectivity index (χ0v) is 19.2. The van der Waals surface area contributed by atoms with Gasteiger partial charge in [0.05, 0.1) is 25.3 Å². The average Bonchev–Trinajstić information content (AvgIpc) is 3.37. The Kier molecular flexibility index (Phi) is 6.01. The van der Waals surface area contributed by atoms with Crippen molar-refractivity contribution >= 4 is 11.6 Å². The normalized spacial score (nSPS) is 15.8. The van der Waals surface area contributed by atoms with Gasteiger partial charge < -0.3 is 14.6 Å². The van der Waals surface area contributed by atoms with Crippen LogP contribution in [0.1, 0.15) is 30.0 Å². The fourth-order valence-corrected chi connectivity index (χ4v) is 4.11. The number of benzene rings is 3. The van der Waals surface area contributed by atoms with E-state index in [0.717, 1.165) is 16.9 Å². The summed E-state index contributed by atoms with van der Waals surface area (Å²) in [5.74, 6) is 1.05. The van der Waals surface area contributed by atoms with E-state index >= 15 is 0 Å². The van der Waals surface area contributed by atoms with Crippen LogP contribution < -0.4 is 10.1 Å². The fraction of sp³-hybridized carbons (Fsp3) is 0.148. The molecule has 35 heavy (non-hydrogen) atoms. The van der Waals surface area contributed by atoms with Gasteiger partial charge in [0.2, 0.25) is 5.82 Å². The number of rotatable bonds is 6. The molecular formula is C27H23FN4O3. The van der Waals surface area contributed by atoms with Gasteiger partial charge in [-0.1, -0.05) is 47.6 Å². The third-order valence-electron chi connectivity index (χ3n) is 5.99. The second kappa shape index (κ2) is 9.42. The van der Waals surface area contributed by atoms with E-state index in [4.69, 9.17) is 9.26 Å². The van der Waals surface area contributed by atoms with Crippen molar-refractivity contribution in [3.8, 4) is 17.1 Å². The topological polar surface area (TPSA) is 80.5 Å². The second-order valence-corrected chi connectivity index (χ2v) is 8.16. The lowest BCUT2D eigenvalue weighted by Gasteiger charge is -2.35. The van der Waals surface area contributed by atoms with Crippen LogP contribution in [-0.4, -0.2) is 28.2 Å². The maximum Gasteiger partial charge on any atom is 0.322 e. The summed E-state index contributed by atoms with van der Waals surface area (Å²) in [6.07, 6.45) is 0. The van der Waals surface area contributed by atoms with Gasteiger partial charge >= 0.3 is 6.03 Å². The van der Waals surface area contributed by atoms with Crippen molar-refractivity contribution in [2.24, 2.45) is 0 Å². The molecule has 0 saturated carbocycles. The molecule has 0 fully saturated rings. The smallest absolute Gasteiger partial charge is 0.322 e. The van der Waals surface area contributed by atoms with E-state index in [1.54, 1.807) is 24.1 Å². The Labute approximate surface area is 201 Å². The molecule has 2 amide bonds. The minimum absolute atomic E-state index is 0.265. The highest BCUT2D eigenvalue weighted by atomic mass is 19.1. The Morgan fingerprint density at radius 2 is 1.74 bits per heavy atom. The van der Waals surface area contributed by atoms with E-state index in [2.05, 4.69) is 15.5 Å². The summed E-state index contributed by atoms with van der Waals surface area (Å²) < 4.78 is 24.5.